The summed E-state index contributed by atoms with van der Waals surface area (Å²) in [6, 6.07) is 15.1. The molecule has 1 N–H and O–H groups in total. The molecule has 0 unspecified atom stereocenters. The third kappa shape index (κ3) is 5.78. The van der Waals surface area contributed by atoms with Gasteiger partial charge in [0.1, 0.15) is 5.69 Å². The number of amides is 1. The van der Waals surface area contributed by atoms with Gasteiger partial charge in [0, 0.05) is 62.8 Å². The summed E-state index contributed by atoms with van der Waals surface area (Å²) in [5.41, 5.74) is 3.45. The van der Waals surface area contributed by atoms with Crippen molar-refractivity contribution in [2.24, 2.45) is 0 Å². The Hall–Kier alpha value is -3.83. The molecule has 1 aliphatic rings. The van der Waals surface area contributed by atoms with E-state index in [0.717, 1.165) is 18.5 Å². The molecule has 1 aliphatic heterocycles. The molecule has 2 aromatic heterocycles. The molecule has 4 aromatic rings. The number of carbonyl (C=O) groups is 1. The van der Waals surface area contributed by atoms with Crippen LogP contribution in [0.4, 0.5) is 5.82 Å². The van der Waals surface area contributed by atoms with Crippen LogP contribution < -0.4 is 10.2 Å². The first kappa shape index (κ1) is 24.8. The monoisotopic (exact) mass is 519 g/mol. The molecule has 0 radical (unpaired) electrons. The number of nitrogens with one attached hydrogen (secondary N) is 1. The fourth-order valence-electron chi connectivity index (χ4n) is 4.41. The van der Waals surface area contributed by atoms with E-state index in [1.807, 2.05) is 47.2 Å². The van der Waals surface area contributed by atoms with Crippen molar-refractivity contribution >= 4 is 32.8 Å². The highest BCUT2D eigenvalue weighted by atomic mass is 32.2. The van der Waals surface area contributed by atoms with Gasteiger partial charge in [0.15, 0.2) is 5.82 Å². The lowest BCUT2D eigenvalue weighted by atomic mass is 10.1. The maximum absolute atomic E-state index is 12.8. The summed E-state index contributed by atoms with van der Waals surface area (Å²) in [5.74, 6) is 0.556. The van der Waals surface area contributed by atoms with Gasteiger partial charge < -0.3 is 14.8 Å². The van der Waals surface area contributed by atoms with Crippen LogP contribution in [0.25, 0.3) is 22.3 Å². The normalized spacial score (nSPS) is 14.7. The molecule has 11 heteroatoms. The zero-order valence-electron chi connectivity index (χ0n) is 20.6. The average Bonchev–Trinajstić information content (AvgIpc) is 3.44. The highest BCUT2D eigenvalue weighted by Gasteiger charge is 2.26. The predicted octanol–water partition coefficient (Wildman–Crippen LogP) is 2.40. The number of fused-ring (bicyclic) bond motifs is 1. The fourth-order valence-corrected chi connectivity index (χ4v) is 5.24. The number of rotatable bonds is 8. The molecule has 3 heterocycles. The molecule has 1 amide bonds. The van der Waals surface area contributed by atoms with Crippen LogP contribution >= 0.6 is 0 Å². The Bertz CT molecular complexity index is 1480. The van der Waals surface area contributed by atoms with E-state index in [1.54, 1.807) is 24.7 Å². The minimum absolute atomic E-state index is 0.156. The summed E-state index contributed by atoms with van der Waals surface area (Å²) >= 11 is 0. The fraction of sp³-hybridized carbons (Fsp3) is 0.308. The predicted molar refractivity (Wildman–Crippen MR) is 143 cm³/mol. The Balaban J connectivity index is 1.38. The maximum atomic E-state index is 12.8. The number of hydrogen-bond acceptors (Lipinski definition) is 7. The van der Waals surface area contributed by atoms with Crippen molar-refractivity contribution in [2.75, 3.05) is 43.9 Å². The lowest BCUT2D eigenvalue weighted by Crippen LogP contribution is -2.48. The number of piperazine rings is 1. The Morgan fingerprint density at radius 1 is 1.00 bits per heavy atom. The molecule has 1 fully saturated rings. The Kier molecular flexibility index (Phi) is 7.15. The van der Waals surface area contributed by atoms with Crippen molar-refractivity contribution in [3.05, 3.63) is 72.8 Å². The molecular weight excluding hydrogens is 490 g/mol. The summed E-state index contributed by atoms with van der Waals surface area (Å²) in [4.78, 5) is 28.8. The Morgan fingerprint density at radius 3 is 2.49 bits per heavy atom. The van der Waals surface area contributed by atoms with Crippen LogP contribution in [-0.4, -0.2) is 77.1 Å². The van der Waals surface area contributed by atoms with Gasteiger partial charge in [0.25, 0.3) is 5.91 Å². The van der Waals surface area contributed by atoms with Crippen molar-refractivity contribution in [1.29, 1.82) is 0 Å². The second-order valence-corrected chi connectivity index (χ2v) is 11.0. The first-order valence-electron chi connectivity index (χ1n) is 12.2. The van der Waals surface area contributed by atoms with Gasteiger partial charge in [-0.3, -0.25) is 4.79 Å². The highest BCUT2D eigenvalue weighted by molar-refractivity contribution is 7.88. The summed E-state index contributed by atoms with van der Waals surface area (Å²) < 4.78 is 27.4. The molecule has 2 aromatic carbocycles. The zero-order chi connectivity index (χ0) is 25.8. The van der Waals surface area contributed by atoms with Gasteiger partial charge in [0.05, 0.1) is 23.6 Å². The maximum Gasteiger partial charge on any atom is 0.251 e. The molecule has 5 rings (SSSR count). The highest BCUT2D eigenvalue weighted by Crippen LogP contribution is 2.31. The van der Waals surface area contributed by atoms with Crippen LogP contribution in [0.3, 0.4) is 0 Å². The van der Waals surface area contributed by atoms with Crippen LogP contribution in [0.15, 0.2) is 67.3 Å². The molecule has 0 bridgehead atoms. The number of benzene rings is 2. The van der Waals surface area contributed by atoms with Crippen LogP contribution in [0, 0.1) is 0 Å². The number of anilines is 1. The van der Waals surface area contributed by atoms with Gasteiger partial charge in [-0.25, -0.2) is 23.4 Å². The first-order valence-corrected chi connectivity index (χ1v) is 14.0. The molecular formula is C26H29N7O3S. The van der Waals surface area contributed by atoms with Gasteiger partial charge in [-0.05, 0) is 24.6 Å². The van der Waals surface area contributed by atoms with Gasteiger partial charge >= 0.3 is 0 Å². The van der Waals surface area contributed by atoms with Gasteiger partial charge in [-0.2, -0.15) is 4.31 Å². The molecule has 0 aliphatic carbocycles. The standard InChI is InChI=1S/C26H29N7O3S/c1-37(35,36)33-16-14-32(15-17-33)25-24(20-6-3-2-4-7-20)29-23-18-21(8-9-22(23)30-25)26(34)28-10-5-12-31-13-11-27-19-31/h2-4,6-9,11,13,18-19H,5,10,12,14-17H2,1H3,(H,28,34). The van der Waals surface area contributed by atoms with E-state index in [4.69, 9.17) is 9.97 Å². The van der Waals surface area contributed by atoms with Crippen LogP contribution in [0.1, 0.15) is 16.8 Å². The average molecular weight is 520 g/mol. The lowest BCUT2D eigenvalue weighted by Gasteiger charge is -2.34. The first-order chi connectivity index (χ1) is 17.9. The van der Waals surface area contributed by atoms with Gasteiger partial charge in [-0.15, -0.1) is 0 Å². The topological polar surface area (TPSA) is 113 Å². The zero-order valence-corrected chi connectivity index (χ0v) is 21.4. The van der Waals surface area contributed by atoms with E-state index in [0.29, 0.717) is 60.8 Å². The number of imidazole rings is 1. The number of carbonyl (C=O) groups excluding carboxylic acids is 1. The molecule has 0 atom stereocenters. The summed E-state index contributed by atoms with van der Waals surface area (Å²) in [7, 11) is -3.23. The van der Waals surface area contributed by atoms with Gasteiger partial charge in [0.2, 0.25) is 10.0 Å². The van der Waals surface area contributed by atoms with E-state index in [9.17, 15) is 13.2 Å². The number of aromatic nitrogens is 4. The molecule has 37 heavy (non-hydrogen) atoms. The SMILES string of the molecule is CS(=O)(=O)N1CCN(c2nc3ccc(C(=O)NCCCn4ccnc4)cc3nc2-c2ccccc2)CC1. The van der Waals surface area contributed by atoms with E-state index in [1.165, 1.54) is 10.6 Å². The van der Waals surface area contributed by atoms with Crippen molar-refractivity contribution in [1.82, 2.24) is 29.1 Å². The van der Waals surface area contributed by atoms with Crippen LogP contribution in [0.5, 0.6) is 0 Å². The largest absolute Gasteiger partial charge is 0.352 e. The summed E-state index contributed by atoms with van der Waals surface area (Å²) in [5, 5.41) is 2.97. The summed E-state index contributed by atoms with van der Waals surface area (Å²) in [6.45, 7) is 3.16. The molecule has 0 saturated carbocycles. The third-order valence-electron chi connectivity index (χ3n) is 6.40. The molecule has 1 saturated heterocycles. The third-order valence-corrected chi connectivity index (χ3v) is 7.70. The molecule has 192 valence electrons. The lowest BCUT2D eigenvalue weighted by molar-refractivity contribution is 0.0953. The smallest absolute Gasteiger partial charge is 0.251 e. The van der Waals surface area contributed by atoms with Crippen LogP contribution in [-0.2, 0) is 16.6 Å². The van der Waals surface area contributed by atoms with E-state index in [-0.39, 0.29) is 5.91 Å². The van der Waals surface area contributed by atoms with Gasteiger partial charge in [-0.1, -0.05) is 30.3 Å². The minimum atomic E-state index is -3.23. The van der Waals surface area contributed by atoms with E-state index in [2.05, 4.69) is 15.2 Å². The van der Waals surface area contributed by atoms with Crippen molar-refractivity contribution in [2.45, 2.75) is 13.0 Å². The van der Waals surface area contributed by atoms with Crippen molar-refractivity contribution in [3.8, 4) is 11.3 Å². The number of hydrogen-bond donors (Lipinski definition) is 1. The van der Waals surface area contributed by atoms with E-state index < -0.39 is 10.0 Å². The van der Waals surface area contributed by atoms with Crippen molar-refractivity contribution in [3.63, 3.8) is 0 Å². The second-order valence-electron chi connectivity index (χ2n) is 9.02. The quantitative estimate of drug-likeness (QED) is 0.356. The van der Waals surface area contributed by atoms with Crippen LogP contribution in [0.2, 0.25) is 0 Å². The number of aryl methyl sites for hydroxylation is 1. The van der Waals surface area contributed by atoms with E-state index >= 15 is 0 Å². The molecule has 0 spiro atoms. The minimum Gasteiger partial charge on any atom is -0.352 e. The molecule has 10 nitrogen and oxygen atoms in total. The van der Waals surface area contributed by atoms with Crippen molar-refractivity contribution < 1.29 is 13.2 Å². The number of nitrogens with zero attached hydrogens (tertiary/aromatic N) is 6. The Labute approximate surface area is 216 Å². The Morgan fingerprint density at radius 2 is 1.78 bits per heavy atom. The number of sulfonamides is 1. The second kappa shape index (κ2) is 10.7. The summed E-state index contributed by atoms with van der Waals surface area (Å²) in [6.07, 6.45) is 7.42.